The van der Waals surface area contributed by atoms with Crippen molar-refractivity contribution in [3.8, 4) is 5.75 Å². The van der Waals surface area contributed by atoms with E-state index in [9.17, 15) is 19.5 Å². The Morgan fingerprint density at radius 3 is 2.41 bits per heavy atom. The van der Waals surface area contributed by atoms with Gasteiger partial charge >= 0.3 is 5.97 Å². The van der Waals surface area contributed by atoms with Crippen LogP contribution in [0.15, 0.2) is 24.3 Å². The van der Waals surface area contributed by atoms with Gasteiger partial charge in [-0.3, -0.25) is 25.2 Å². The molecule has 8 heteroatoms. The number of unbranched alkanes of at least 4 members (excludes halogenated alkanes) is 1. The molecule has 1 aromatic carbocycles. The molecular formula is C19H24N2O6. The molecule has 2 saturated heterocycles. The van der Waals surface area contributed by atoms with Crippen LogP contribution in [0, 0.1) is 11.8 Å². The van der Waals surface area contributed by atoms with E-state index in [1.165, 1.54) is 0 Å². The van der Waals surface area contributed by atoms with Gasteiger partial charge in [0.05, 0.1) is 30.7 Å². The Labute approximate surface area is 157 Å². The van der Waals surface area contributed by atoms with E-state index in [1.54, 1.807) is 24.3 Å². The summed E-state index contributed by atoms with van der Waals surface area (Å²) in [4.78, 5) is 36.0. The lowest BCUT2D eigenvalue weighted by Gasteiger charge is -2.23. The molecule has 1 aromatic rings. The molecule has 0 aromatic heterocycles. The van der Waals surface area contributed by atoms with Gasteiger partial charge in [-0.05, 0) is 43.5 Å². The first-order chi connectivity index (χ1) is 13.0. The van der Waals surface area contributed by atoms with Crippen molar-refractivity contribution in [2.45, 2.75) is 44.8 Å². The van der Waals surface area contributed by atoms with Gasteiger partial charge in [-0.2, -0.15) is 0 Å². The van der Waals surface area contributed by atoms with Gasteiger partial charge in [-0.25, -0.2) is 0 Å². The highest BCUT2D eigenvalue weighted by Gasteiger charge is 2.55. The molecule has 0 unspecified atom stereocenters. The zero-order valence-corrected chi connectivity index (χ0v) is 15.1. The maximum atomic E-state index is 12.4. The fourth-order valence-corrected chi connectivity index (χ4v) is 3.64. The SMILES string of the molecule is CCCCOc1ccc(C(=O)NNC(=O)[C@H]2[C@H](C(=O)O)[C@H]3CC[C@H]2O3)cc1. The molecule has 2 aliphatic rings. The molecule has 0 radical (unpaired) electrons. The molecule has 2 heterocycles. The minimum absolute atomic E-state index is 0.358. The highest BCUT2D eigenvalue weighted by Crippen LogP contribution is 2.43. The van der Waals surface area contributed by atoms with Crippen molar-refractivity contribution in [3.05, 3.63) is 29.8 Å². The van der Waals surface area contributed by atoms with E-state index < -0.39 is 41.8 Å². The second-order valence-electron chi connectivity index (χ2n) is 6.85. The molecule has 2 amide bonds. The summed E-state index contributed by atoms with van der Waals surface area (Å²) in [6, 6.07) is 6.58. The van der Waals surface area contributed by atoms with E-state index in [2.05, 4.69) is 17.8 Å². The number of carboxylic acid groups (broad SMARTS) is 1. The second kappa shape index (κ2) is 8.39. The Bertz CT molecular complexity index is 705. The lowest BCUT2D eigenvalue weighted by atomic mass is 9.79. The Balaban J connectivity index is 1.53. The Hall–Kier alpha value is -2.61. The van der Waals surface area contributed by atoms with Gasteiger partial charge in [-0.15, -0.1) is 0 Å². The quantitative estimate of drug-likeness (QED) is 0.491. The van der Waals surface area contributed by atoms with E-state index in [0.717, 1.165) is 12.8 Å². The smallest absolute Gasteiger partial charge is 0.310 e. The number of aliphatic carboxylic acids is 1. The van der Waals surface area contributed by atoms with Crippen LogP contribution in [0.4, 0.5) is 0 Å². The molecule has 4 atom stereocenters. The molecule has 27 heavy (non-hydrogen) atoms. The van der Waals surface area contributed by atoms with Crippen molar-refractivity contribution in [2.75, 3.05) is 6.61 Å². The summed E-state index contributed by atoms with van der Waals surface area (Å²) in [5, 5.41) is 9.35. The number of carbonyl (C=O) groups is 3. The molecule has 2 aliphatic heterocycles. The van der Waals surface area contributed by atoms with Crippen LogP contribution in [-0.4, -0.2) is 41.7 Å². The molecule has 0 aliphatic carbocycles. The number of benzene rings is 1. The van der Waals surface area contributed by atoms with Gasteiger partial charge in [0.2, 0.25) is 5.91 Å². The molecule has 2 fully saturated rings. The van der Waals surface area contributed by atoms with E-state index in [-0.39, 0.29) is 0 Å². The van der Waals surface area contributed by atoms with Crippen LogP contribution in [0.5, 0.6) is 5.75 Å². The first kappa shape index (κ1) is 19.2. The minimum atomic E-state index is -1.05. The lowest BCUT2D eigenvalue weighted by molar-refractivity contribution is -0.148. The van der Waals surface area contributed by atoms with E-state index in [1.807, 2.05) is 0 Å². The summed E-state index contributed by atoms with van der Waals surface area (Å²) >= 11 is 0. The van der Waals surface area contributed by atoms with Gasteiger partial charge in [0, 0.05) is 5.56 Å². The summed E-state index contributed by atoms with van der Waals surface area (Å²) < 4.78 is 11.1. The number of hydrogen-bond acceptors (Lipinski definition) is 5. The average Bonchev–Trinajstić information content (AvgIpc) is 3.28. The van der Waals surface area contributed by atoms with E-state index in [4.69, 9.17) is 9.47 Å². The van der Waals surface area contributed by atoms with Crippen LogP contribution in [0.1, 0.15) is 43.0 Å². The Morgan fingerprint density at radius 2 is 1.78 bits per heavy atom. The van der Waals surface area contributed by atoms with Gasteiger partial charge in [0.15, 0.2) is 0 Å². The third kappa shape index (κ3) is 4.21. The first-order valence-electron chi connectivity index (χ1n) is 9.22. The predicted octanol–water partition coefficient (Wildman–Crippen LogP) is 1.50. The number of nitrogens with one attached hydrogen (secondary N) is 2. The predicted molar refractivity (Wildman–Crippen MR) is 95.0 cm³/mol. The Morgan fingerprint density at radius 1 is 1.11 bits per heavy atom. The van der Waals surface area contributed by atoms with Crippen molar-refractivity contribution in [3.63, 3.8) is 0 Å². The first-order valence-corrected chi connectivity index (χ1v) is 9.22. The van der Waals surface area contributed by atoms with E-state index >= 15 is 0 Å². The number of hydrazine groups is 1. The highest BCUT2D eigenvalue weighted by atomic mass is 16.5. The number of hydrogen-bond donors (Lipinski definition) is 3. The standard InChI is InChI=1S/C19H24N2O6/c1-2-3-10-26-12-6-4-11(5-7-12)17(22)20-21-18(23)15-13-8-9-14(27-13)16(15)19(24)25/h4-7,13-16H,2-3,8-10H2,1H3,(H,20,22)(H,21,23)(H,24,25)/t13-,14-,15-,16-/m1/s1. The topological polar surface area (TPSA) is 114 Å². The van der Waals surface area contributed by atoms with Crippen LogP contribution >= 0.6 is 0 Å². The molecule has 3 N–H and O–H groups in total. The summed E-state index contributed by atoms with van der Waals surface area (Å²) in [5.74, 6) is -3.07. The molecule has 8 nitrogen and oxygen atoms in total. The zero-order chi connectivity index (χ0) is 19.4. The summed E-state index contributed by atoms with van der Waals surface area (Å²) in [6.07, 6.45) is 2.45. The molecule has 3 rings (SSSR count). The maximum absolute atomic E-state index is 12.4. The summed E-state index contributed by atoms with van der Waals surface area (Å²) in [5.41, 5.74) is 5.03. The number of amides is 2. The number of fused-ring (bicyclic) bond motifs is 2. The average molecular weight is 376 g/mol. The number of carboxylic acids is 1. The number of carbonyl (C=O) groups excluding carboxylic acids is 2. The van der Waals surface area contributed by atoms with Crippen molar-refractivity contribution in [1.82, 2.24) is 10.9 Å². The summed E-state index contributed by atoms with van der Waals surface area (Å²) in [6.45, 7) is 2.70. The molecule has 0 saturated carbocycles. The lowest BCUT2D eigenvalue weighted by Crippen LogP contribution is -2.50. The molecule has 146 valence electrons. The van der Waals surface area contributed by atoms with Crippen molar-refractivity contribution in [2.24, 2.45) is 11.8 Å². The zero-order valence-electron chi connectivity index (χ0n) is 15.1. The van der Waals surface area contributed by atoms with Crippen LogP contribution in [0.25, 0.3) is 0 Å². The largest absolute Gasteiger partial charge is 0.494 e. The van der Waals surface area contributed by atoms with Crippen molar-refractivity contribution >= 4 is 17.8 Å². The van der Waals surface area contributed by atoms with Crippen LogP contribution in [0.3, 0.4) is 0 Å². The highest BCUT2D eigenvalue weighted by molar-refractivity contribution is 5.96. The maximum Gasteiger partial charge on any atom is 0.310 e. The van der Waals surface area contributed by atoms with Gasteiger partial charge in [0.25, 0.3) is 5.91 Å². The summed E-state index contributed by atoms with van der Waals surface area (Å²) in [7, 11) is 0. The van der Waals surface area contributed by atoms with Crippen molar-refractivity contribution in [1.29, 1.82) is 0 Å². The van der Waals surface area contributed by atoms with Crippen LogP contribution in [0.2, 0.25) is 0 Å². The van der Waals surface area contributed by atoms with Gasteiger partial charge < -0.3 is 14.6 Å². The fraction of sp³-hybridized carbons (Fsp3) is 0.526. The third-order valence-electron chi connectivity index (χ3n) is 5.04. The molecule has 0 spiro atoms. The van der Waals surface area contributed by atoms with Gasteiger partial charge in [-0.1, -0.05) is 13.3 Å². The van der Waals surface area contributed by atoms with Crippen molar-refractivity contribution < 1.29 is 29.0 Å². The van der Waals surface area contributed by atoms with Crippen LogP contribution < -0.4 is 15.6 Å². The normalized spacial score (nSPS) is 25.8. The minimum Gasteiger partial charge on any atom is -0.494 e. The van der Waals surface area contributed by atoms with E-state index in [0.29, 0.717) is 30.8 Å². The molecule has 2 bridgehead atoms. The number of ether oxygens (including phenoxy) is 2. The van der Waals surface area contributed by atoms with Crippen LogP contribution in [-0.2, 0) is 14.3 Å². The fourth-order valence-electron chi connectivity index (χ4n) is 3.64. The number of rotatable bonds is 7. The third-order valence-corrected chi connectivity index (χ3v) is 5.04. The second-order valence-corrected chi connectivity index (χ2v) is 6.85. The monoisotopic (exact) mass is 376 g/mol. The molecular weight excluding hydrogens is 352 g/mol. The van der Waals surface area contributed by atoms with Gasteiger partial charge in [0.1, 0.15) is 5.75 Å². The Kier molecular flexibility index (Phi) is 5.95.